The van der Waals surface area contributed by atoms with E-state index in [2.05, 4.69) is 5.32 Å². The van der Waals surface area contributed by atoms with Gasteiger partial charge in [0.25, 0.3) is 5.56 Å². The predicted octanol–water partition coefficient (Wildman–Crippen LogP) is 3.85. The number of hydrogen-bond acceptors (Lipinski definition) is 9. The maximum atomic E-state index is 14.9. The molecule has 0 bridgehead atoms. The number of halogens is 2. The Hall–Kier alpha value is -4.22. The van der Waals surface area contributed by atoms with Crippen molar-refractivity contribution in [2.24, 2.45) is 20.0 Å². The van der Waals surface area contributed by atoms with Gasteiger partial charge in [-0.05, 0) is 24.1 Å². The number of methoxy groups -OCH3 is 3. The molecule has 3 atom stereocenters. The molecule has 0 radical (unpaired) electrons. The number of hydrogen-bond donors (Lipinski definition) is 1. The normalized spacial score (nSPS) is 22.0. The molecule has 1 aromatic heterocycles. The quantitative estimate of drug-likeness (QED) is 0.429. The van der Waals surface area contributed by atoms with Gasteiger partial charge in [0.05, 0.1) is 31.9 Å². The fourth-order valence-electron chi connectivity index (χ4n) is 6.38. The highest BCUT2D eigenvalue weighted by Crippen LogP contribution is 2.56. The molecule has 2 aromatic carbocycles. The average molecular weight is 628 g/mol. The van der Waals surface area contributed by atoms with Crippen molar-refractivity contribution >= 4 is 40.6 Å². The van der Waals surface area contributed by atoms with Crippen molar-refractivity contribution < 1.29 is 28.5 Å². The van der Waals surface area contributed by atoms with E-state index in [-0.39, 0.29) is 56.2 Å². The van der Waals surface area contributed by atoms with Crippen molar-refractivity contribution in [1.82, 2.24) is 9.13 Å². The van der Waals surface area contributed by atoms with Crippen LogP contribution in [-0.2, 0) is 18.9 Å². The molecule has 3 aliphatic rings. The second-order valence-corrected chi connectivity index (χ2v) is 11.5. The summed E-state index contributed by atoms with van der Waals surface area (Å²) in [6.45, 7) is 1.72. The molecule has 1 N–H and O–H groups in total. The van der Waals surface area contributed by atoms with E-state index in [1.54, 1.807) is 25.1 Å². The van der Waals surface area contributed by atoms with Crippen LogP contribution in [0.25, 0.3) is 0 Å². The van der Waals surface area contributed by atoms with E-state index >= 15 is 0 Å². The molecule has 6 rings (SSSR count). The van der Waals surface area contributed by atoms with Crippen molar-refractivity contribution in [2.75, 3.05) is 26.6 Å². The summed E-state index contributed by atoms with van der Waals surface area (Å²) in [5.41, 5.74) is -1.90. The van der Waals surface area contributed by atoms with Gasteiger partial charge in [-0.3, -0.25) is 23.5 Å². The molecule has 1 spiro atoms. The number of nitrogens with one attached hydrogen (secondary N) is 1. The van der Waals surface area contributed by atoms with Gasteiger partial charge in [0.1, 0.15) is 33.7 Å². The monoisotopic (exact) mass is 627 g/mol. The van der Waals surface area contributed by atoms with Crippen LogP contribution in [0.5, 0.6) is 23.0 Å². The number of aromatic nitrogens is 2. The number of rotatable bonds is 4. The molecular weight excluding hydrogens is 601 g/mol. The van der Waals surface area contributed by atoms with Crippen molar-refractivity contribution in [2.45, 2.75) is 24.9 Å². The van der Waals surface area contributed by atoms with Gasteiger partial charge in [-0.2, -0.15) is 0 Å². The number of fused-ring (bicyclic) bond motifs is 2. The fraction of sp³-hybridized carbons (Fsp3) is 0.333. The van der Waals surface area contributed by atoms with Crippen LogP contribution in [0, 0.1) is 5.92 Å². The third kappa shape index (κ3) is 3.74. The van der Waals surface area contributed by atoms with Crippen molar-refractivity contribution in [3.63, 3.8) is 0 Å². The molecule has 0 fully saturated rings. The molecule has 0 saturated carbocycles. The Kier molecular flexibility index (Phi) is 6.66. The Morgan fingerprint density at radius 2 is 1.60 bits per heavy atom. The molecule has 224 valence electrons. The molecule has 13 heteroatoms. The maximum absolute atomic E-state index is 14.9. The van der Waals surface area contributed by atoms with Crippen LogP contribution in [0.1, 0.15) is 40.7 Å². The molecule has 0 unspecified atom stereocenters. The number of allylic oxidation sites excluding steroid dienone is 1. The largest absolute Gasteiger partial charge is 0.496 e. The highest BCUT2D eigenvalue weighted by Gasteiger charge is 2.63. The lowest BCUT2D eigenvalue weighted by Gasteiger charge is -2.42. The highest BCUT2D eigenvalue weighted by molar-refractivity contribution is 6.36. The van der Waals surface area contributed by atoms with Crippen molar-refractivity contribution in [3.8, 4) is 23.0 Å². The Balaban J connectivity index is 1.62. The van der Waals surface area contributed by atoms with Gasteiger partial charge >= 0.3 is 5.69 Å². The number of nitrogens with zero attached hydrogens (tertiary/aromatic N) is 2. The zero-order chi connectivity index (χ0) is 31.1. The number of benzene rings is 2. The zero-order valence-electron chi connectivity index (χ0n) is 24.1. The molecule has 2 aliphatic heterocycles. The third-order valence-corrected chi connectivity index (χ3v) is 9.24. The molecule has 11 nitrogen and oxygen atoms in total. The summed E-state index contributed by atoms with van der Waals surface area (Å²) in [7, 11) is 7.17. The first-order valence-electron chi connectivity index (χ1n) is 13.3. The number of ether oxygens (including phenoxy) is 4. The topological polar surface area (TPSA) is 127 Å². The Morgan fingerprint density at radius 1 is 0.930 bits per heavy atom. The second kappa shape index (κ2) is 9.92. The number of Topliss-reactive ketones (excluding diaryl/α,β-unsaturated/α-hetero) is 2. The minimum Gasteiger partial charge on any atom is -0.496 e. The van der Waals surface area contributed by atoms with Gasteiger partial charge in [0.2, 0.25) is 17.2 Å². The van der Waals surface area contributed by atoms with Crippen LogP contribution < -0.4 is 35.5 Å². The summed E-state index contributed by atoms with van der Waals surface area (Å²) in [6, 6.07) is 6.38. The Bertz CT molecular complexity index is 1930. The van der Waals surface area contributed by atoms with Crippen LogP contribution in [0.3, 0.4) is 0 Å². The third-order valence-electron chi connectivity index (χ3n) is 8.59. The van der Waals surface area contributed by atoms with Gasteiger partial charge in [-0.25, -0.2) is 4.79 Å². The summed E-state index contributed by atoms with van der Waals surface area (Å²) in [5.74, 6) is -1.98. The Morgan fingerprint density at radius 3 is 2.23 bits per heavy atom. The molecule has 3 heterocycles. The number of carbonyl (C=O) groups is 2. The van der Waals surface area contributed by atoms with Crippen LogP contribution >= 0.6 is 23.2 Å². The lowest BCUT2D eigenvalue weighted by atomic mass is 9.66. The Labute approximate surface area is 255 Å². The zero-order valence-corrected chi connectivity index (χ0v) is 25.6. The van der Waals surface area contributed by atoms with Crippen LogP contribution in [-0.4, -0.2) is 47.6 Å². The summed E-state index contributed by atoms with van der Waals surface area (Å²) in [5, 5.41) is 3.46. The van der Waals surface area contributed by atoms with Crippen LogP contribution in [0.15, 0.2) is 45.1 Å². The summed E-state index contributed by atoms with van der Waals surface area (Å²) in [6.07, 6.45) is 0.168. The molecule has 1 aliphatic carbocycles. The van der Waals surface area contributed by atoms with Gasteiger partial charge in [0.15, 0.2) is 5.75 Å². The first-order chi connectivity index (χ1) is 20.4. The van der Waals surface area contributed by atoms with Crippen molar-refractivity contribution in [1.29, 1.82) is 0 Å². The van der Waals surface area contributed by atoms with E-state index in [4.69, 9.17) is 42.1 Å². The van der Waals surface area contributed by atoms with E-state index in [0.717, 1.165) is 4.57 Å². The minimum absolute atomic E-state index is 0.0152. The highest BCUT2D eigenvalue weighted by atomic mass is 35.5. The SMILES string of the molecule is COc1ccc([C@@H]2C3=C(C[C@@H](C)[C@]4(Oc5c(Cl)c(OC)cc(OC)c5C4=O)C3=O)Nc3c2c(=O)n(C)c(=O)n3C)cc1Cl. The molecule has 0 saturated heterocycles. The number of carbonyl (C=O) groups excluding carboxylic acids is 2. The summed E-state index contributed by atoms with van der Waals surface area (Å²) >= 11 is 13.1. The van der Waals surface area contributed by atoms with E-state index in [1.807, 2.05) is 0 Å². The lowest BCUT2D eigenvalue weighted by molar-refractivity contribution is -0.130. The molecule has 43 heavy (non-hydrogen) atoms. The predicted molar refractivity (Wildman–Crippen MR) is 158 cm³/mol. The molecule has 3 aromatic rings. The van der Waals surface area contributed by atoms with Gasteiger partial charge in [0, 0.05) is 43.3 Å². The van der Waals surface area contributed by atoms with E-state index in [0.29, 0.717) is 17.0 Å². The first-order valence-corrected chi connectivity index (χ1v) is 14.0. The number of ketones is 2. The lowest BCUT2D eigenvalue weighted by Crippen LogP contribution is -2.58. The minimum atomic E-state index is -2.01. The molecule has 0 amide bonds. The van der Waals surface area contributed by atoms with Crippen LogP contribution in [0.4, 0.5) is 5.82 Å². The summed E-state index contributed by atoms with van der Waals surface area (Å²) < 4.78 is 24.8. The van der Waals surface area contributed by atoms with Crippen LogP contribution in [0.2, 0.25) is 10.0 Å². The maximum Gasteiger partial charge on any atom is 0.332 e. The summed E-state index contributed by atoms with van der Waals surface area (Å²) in [4.78, 5) is 55.9. The smallest absolute Gasteiger partial charge is 0.332 e. The van der Waals surface area contributed by atoms with E-state index < -0.39 is 40.3 Å². The molecular formula is C30H27Cl2N3O8. The van der Waals surface area contributed by atoms with E-state index in [9.17, 15) is 19.2 Å². The van der Waals surface area contributed by atoms with Gasteiger partial charge in [-0.1, -0.05) is 36.2 Å². The van der Waals surface area contributed by atoms with Gasteiger partial charge < -0.3 is 24.3 Å². The number of anilines is 1. The standard InChI is InChI=1S/C30H27Cl2N3O8/c1-12-9-15-20(25(36)30(12)26(37)21-17(41-5)11-18(42-6)23(32)24(21)43-30)19(13-7-8-16(40-4)14(31)10-13)22-27(33-15)34(2)29(39)35(3)28(22)38/h7-8,10-12,19,33H,9H2,1-6H3/t12-,19-,30+/m1/s1. The van der Waals surface area contributed by atoms with E-state index in [1.165, 1.54) is 46.1 Å². The van der Waals surface area contributed by atoms with Gasteiger partial charge in [-0.15, -0.1) is 0 Å². The fourth-order valence-corrected chi connectivity index (χ4v) is 6.92. The second-order valence-electron chi connectivity index (χ2n) is 10.7. The average Bonchev–Trinajstić information content (AvgIpc) is 3.31. The first kappa shape index (κ1) is 28.9. The van der Waals surface area contributed by atoms with Crippen molar-refractivity contribution in [3.05, 3.63) is 83.1 Å².